The Kier molecular flexibility index (Phi) is 4.90. The lowest BCUT2D eigenvalue weighted by atomic mass is 10.3. The Labute approximate surface area is 133 Å². The van der Waals surface area contributed by atoms with E-state index in [0.29, 0.717) is 11.5 Å². The first kappa shape index (κ1) is 16.3. The van der Waals surface area contributed by atoms with Crippen molar-refractivity contribution in [3.05, 3.63) is 22.4 Å². The molecule has 0 saturated carbocycles. The molecule has 2 aromatic heterocycles. The van der Waals surface area contributed by atoms with Crippen LogP contribution in [0.25, 0.3) is 0 Å². The predicted octanol–water partition coefficient (Wildman–Crippen LogP) is 3.00. The summed E-state index contributed by atoms with van der Waals surface area (Å²) in [4.78, 5) is 3.40. The normalized spacial score (nSPS) is 12.0. The summed E-state index contributed by atoms with van der Waals surface area (Å²) in [6.45, 7) is 6.34. The highest BCUT2D eigenvalue weighted by molar-refractivity contribution is 7.91. The maximum absolute atomic E-state index is 12.3. The molecule has 0 aliphatic carbocycles. The molecule has 0 fully saturated rings. The number of rotatable bonds is 6. The van der Waals surface area contributed by atoms with Crippen LogP contribution in [0.1, 0.15) is 25.6 Å². The molecular formula is C13H19N3O2S3. The summed E-state index contributed by atoms with van der Waals surface area (Å²) in [6.07, 6.45) is 0. The second-order valence-electron chi connectivity index (χ2n) is 4.91. The number of sulfone groups is 1. The van der Waals surface area contributed by atoms with E-state index in [1.54, 1.807) is 18.3 Å². The first-order chi connectivity index (χ1) is 9.86. The summed E-state index contributed by atoms with van der Waals surface area (Å²) in [5.74, 6) is 0.127. The molecule has 2 heterocycles. The van der Waals surface area contributed by atoms with Crippen molar-refractivity contribution < 1.29 is 8.42 Å². The van der Waals surface area contributed by atoms with Crippen LogP contribution < -0.4 is 10.6 Å². The van der Waals surface area contributed by atoms with E-state index in [1.165, 1.54) is 4.88 Å². The van der Waals surface area contributed by atoms with Crippen LogP contribution in [0, 0.1) is 0 Å². The van der Waals surface area contributed by atoms with Crippen molar-refractivity contribution >= 4 is 43.5 Å². The van der Waals surface area contributed by atoms with E-state index in [9.17, 15) is 8.42 Å². The average Bonchev–Trinajstić information content (AvgIpc) is 3.05. The summed E-state index contributed by atoms with van der Waals surface area (Å²) in [6, 6.07) is 4.18. The number of nitrogens with zero attached hydrogens (tertiary/aromatic N) is 2. The molecule has 0 aliphatic heterocycles. The van der Waals surface area contributed by atoms with Crippen LogP contribution in [-0.4, -0.2) is 24.6 Å². The molecule has 0 unspecified atom stereocenters. The maximum atomic E-state index is 12.3. The van der Waals surface area contributed by atoms with Crippen molar-refractivity contribution in [2.45, 2.75) is 38.3 Å². The van der Waals surface area contributed by atoms with E-state index in [-0.39, 0.29) is 22.5 Å². The smallest absolute Gasteiger partial charge is 0.184 e. The molecule has 5 nitrogen and oxygen atoms in total. The van der Waals surface area contributed by atoms with Crippen molar-refractivity contribution in [2.75, 3.05) is 16.4 Å². The number of anilines is 2. The molecule has 2 N–H and O–H groups in total. The third-order valence-corrected chi connectivity index (χ3v) is 6.81. The molecule has 0 aromatic carbocycles. The van der Waals surface area contributed by atoms with Gasteiger partial charge in [0.2, 0.25) is 0 Å². The van der Waals surface area contributed by atoms with Gasteiger partial charge >= 0.3 is 0 Å². The van der Waals surface area contributed by atoms with E-state index >= 15 is 0 Å². The third-order valence-electron chi connectivity index (χ3n) is 3.14. The number of hydrogen-bond donors (Lipinski definition) is 1. The van der Waals surface area contributed by atoms with Gasteiger partial charge in [-0.15, -0.1) is 11.3 Å². The highest BCUT2D eigenvalue weighted by atomic mass is 32.2. The Bertz CT molecular complexity index is 690. The molecule has 0 amide bonds. The SMILES string of the molecule is CCS(=O)(=O)c1c(N)nsc1N(Cc1cccs1)C(C)C. The standard InChI is InChI=1S/C13H19N3O2S3/c1-4-21(17,18)11-12(14)15-20-13(11)16(9(2)3)8-10-6-5-7-19-10/h5-7,9H,4,8H2,1-3H3,(H2,14,15). The second kappa shape index (κ2) is 6.33. The molecular weight excluding hydrogens is 326 g/mol. The van der Waals surface area contributed by atoms with Gasteiger partial charge in [0.25, 0.3) is 0 Å². The number of hydrogen-bond acceptors (Lipinski definition) is 7. The molecule has 0 saturated heterocycles. The van der Waals surface area contributed by atoms with E-state index in [2.05, 4.69) is 4.37 Å². The largest absolute Gasteiger partial charge is 0.382 e. The monoisotopic (exact) mass is 345 g/mol. The van der Waals surface area contributed by atoms with E-state index in [0.717, 1.165) is 11.5 Å². The van der Waals surface area contributed by atoms with Crippen molar-refractivity contribution in [1.29, 1.82) is 0 Å². The first-order valence-electron chi connectivity index (χ1n) is 6.63. The van der Waals surface area contributed by atoms with Gasteiger partial charge < -0.3 is 10.6 Å². The predicted molar refractivity (Wildman–Crippen MR) is 89.9 cm³/mol. The second-order valence-corrected chi connectivity index (χ2v) is 8.91. The lowest BCUT2D eigenvalue weighted by Gasteiger charge is -2.27. The zero-order valence-electron chi connectivity index (χ0n) is 12.2. The first-order valence-corrected chi connectivity index (χ1v) is 9.94. The summed E-state index contributed by atoms with van der Waals surface area (Å²) in [5, 5.41) is 2.65. The number of nitrogens with two attached hydrogens (primary N) is 1. The van der Waals surface area contributed by atoms with Crippen LogP contribution in [0.15, 0.2) is 22.4 Å². The fourth-order valence-corrected chi connectivity index (χ4v) is 5.10. The molecule has 0 radical (unpaired) electrons. The fraction of sp³-hybridized carbons (Fsp3) is 0.462. The molecule has 8 heteroatoms. The molecule has 21 heavy (non-hydrogen) atoms. The summed E-state index contributed by atoms with van der Waals surface area (Å²) in [5.41, 5.74) is 5.81. The topological polar surface area (TPSA) is 76.3 Å². The van der Waals surface area contributed by atoms with Crippen LogP contribution >= 0.6 is 22.9 Å². The number of thiophene rings is 1. The van der Waals surface area contributed by atoms with Crippen LogP contribution in [-0.2, 0) is 16.4 Å². The van der Waals surface area contributed by atoms with Gasteiger partial charge in [-0.05, 0) is 36.8 Å². The lowest BCUT2D eigenvalue weighted by Crippen LogP contribution is -2.30. The van der Waals surface area contributed by atoms with Gasteiger partial charge in [-0.3, -0.25) is 0 Å². The molecule has 2 rings (SSSR count). The minimum atomic E-state index is -3.39. The minimum absolute atomic E-state index is 0.0214. The van der Waals surface area contributed by atoms with Gasteiger partial charge in [-0.2, -0.15) is 4.37 Å². The molecule has 116 valence electrons. The Hall–Kier alpha value is -1.12. The molecule has 2 aromatic rings. The fourth-order valence-electron chi connectivity index (χ4n) is 1.96. The zero-order chi connectivity index (χ0) is 15.6. The van der Waals surface area contributed by atoms with Crippen molar-refractivity contribution in [3.8, 4) is 0 Å². The van der Waals surface area contributed by atoms with Gasteiger partial charge in [-0.1, -0.05) is 13.0 Å². The molecule has 0 bridgehead atoms. The minimum Gasteiger partial charge on any atom is -0.382 e. The summed E-state index contributed by atoms with van der Waals surface area (Å²) in [7, 11) is -3.39. The van der Waals surface area contributed by atoms with E-state index < -0.39 is 9.84 Å². The van der Waals surface area contributed by atoms with Crippen molar-refractivity contribution in [3.63, 3.8) is 0 Å². The van der Waals surface area contributed by atoms with Crippen molar-refractivity contribution in [1.82, 2.24) is 4.37 Å². The Morgan fingerprint density at radius 3 is 2.67 bits per heavy atom. The van der Waals surface area contributed by atoms with Crippen LogP contribution in [0.5, 0.6) is 0 Å². The van der Waals surface area contributed by atoms with Crippen LogP contribution in [0.2, 0.25) is 0 Å². The Balaban J connectivity index is 2.47. The van der Waals surface area contributed by atoms with E-state index in [1.807, 2.05) is 36.3 Å². The zero-order valence-corrected chi connectivity index (χ0v) is 14.7. The van der Waals surface area contributed by atoms with Gasteiger partial charge in [0.1, 0.15) is 9.90 Å². The van der Waals surface area contributed by atoms with Gasteiger partial charge in [0, 0.05) is 10.9 Å². The van der Waals surface area contributed by atoms with Crippen molar-refractivity contribution in [2.24, 2.45) is 0 Å². The molecule has 0 spiro atoms. The van der Waals surface area contributed by atoms with Gasteiger partial charge in [-0.25, -0.2) is 8.42 Å². The Morgan fingerprint density at radius 2 is 2.14 bits per heavy atom. The quantitative estimate of drug-likeness (QED) is 0.871. The molecule has 0 atom stereocenters. The molecule has 0 aliphatic rings. The Morgan fingerprint density at radius 1 is 1.43 bits per heavy atom. The maximum Gasteiger partial charge on any atom is 0.184 e. The van der Waals surface area contributed by atoms with E-state index in [4.69, 9.17) is 5.73 Å². The van der Waals surface area contributed by atoms with Crippen LogP contribution in [0.3, 0.4) is 0 Å². The van der Waals surface area contributed by atoms with Gasteiger partial charge in [0.15, 0.2) is 15.7 Å². The highest BCUT2D eigenvalue weighted by Crippen LogP contribution is 2.37. The lowest BCUT2D eigenvalue weighted by molar-refractivity contribution is 0.596. The highest BCUT2D eigenvalue weighted by Gasteiger charge is 2.28. The van der Waals surface area contributed by atoms with Gasteiger partial charge in [0.05, 0.1) is 12.3 Å². The van der Waals surface area contributed by atoms with Crippen LogP contribution in [0.4, 0.5) is 10.8 Å². The number of nitrogen functional groups attached to an aromatic ring is 1. The number of aromatic nitrogens is 1. The average molecular weight is 346 g/mol. The summed E-state index contributed by atoms with van der Waals surface area (Å²) >= 11 is 2.80. The summed E-state index contributed by atoms with van der Waals surface area (Å²) < 4.78 is 28.7. The third kappa shape index (κ3) is 3.38.